The van der Waals surface area contributed by atoms with Crippen LogP contribution >= 0.6 is 11.6 Å². The molecule has 1 N–H and O–H groups in total. The van der Waals surface area contributed by atoms with Crippen LogP contribution < -0.4 is 4.74 Å². The number of ether oxygens (including phenoxy) is 1. The van der Waals surface area contributed by atoms with Crippen molar-refractivity contribution in [2.45, 2.75) is 13.3 Å². The lowest BCUT2D eigenvalue weighted by Gasteiger charge is -2.10. The molecule has 0 unspecified atom stereocenters. The van der Waals surface area contributed by atoms with E-state index >= 15 is 0 Å². The van der Waals surface area contributed by atoms with E-state index < -0.39 is 5.82 Å². The number of halogens is 2. The number of Topliss-reactive ketones (excluding diaryl/α,β-unsaturated/α-hetero) is 1. The predicted octanol–water partition coefficient (Wildman–Crippen LogP) is 2.32. The van der Waals surface area contributed by atoms with Gasteiger partial charge in [0.1, 0.15) is 5.78 Å². The molecule has 0 fully saturated rings. The SMILES string of the molecule is COc1c(O)c(CC(C)=O)cc(Cl)c1F. The number of methoxy groups -OCH3 is 1. The largest absolute Gasteiger partial charge is 0.504 e. The van der Waals surface area contributed by atoms with Crippen LogP contribution in [-0.4, -0.2) is 18.0 Å². The Morgan fingerprint density at radius 1 is 1.67 bits per heavy atom. The summed E-state index contributed by atoms with van der Waals surface area (Å²) in [5.74, 6) is -1.70. The van der Waals surface area contributed by atoms with Crippen LogP contribution in [0.25, 0.3) is 0 Å². The number of hydrogen-bond donors (Lipinski definition) is 1. The van der Waals surface area contributed by atoms with Crippen molar-refractivity contribution < 1.29 is 19.0 Å². The molecule has 1 rings (SSSR count). The van der Waals surface area contributed by atoms with Gasteiger partial charge in [-0.3, -0.25) is 4.79 Å². The fourth-order valence-corrected chi connectivity index (χ4v) is 1.45. The van der Waals surface area contributed by atoms with Crippen LogP contribution in [0.15, 0.2) is 6.07 Å². The third-order valence-corrected chi connectivity index (χ3v) is 2.15. The van der Waals surface area contributed by atoms with Gasteiger partial charge < -0.3 is 9.84 Å². The van der Waals surface area contributed by atoms with Crippen molar-refractivity contribution in [1.29, 1.82) is 0 Å². The fourth-order valence-electron chi connectivity index (χ4n) is 1.23. The molecule has 0 atom stereocenters. The molecule has 15 heavy (non-hydrogen) atoms. The maximum atomic E-state index is 13.3. The average molecular weight is 233 g/mol. The van der Waals surface area contributed by atoms with Crippen LogP contribution in [0.1, 0.15) is 12.5 Å². The molecule has 0 saturated heterocycles. The first-order chi connectivity index (χ1) is 6.97. The molecule has 0 spiro atoms. The Bertz CT molecular complexity index is 404. The molecule has 3 nitrogen and oxygen atoms in total. The van der Waals surface area contributed by atoms with E-state index in [-0.39, 0.29) is 34.3 Å². The van der Waals surface area contributed by atoms with Gasteiger partial charge in [0.05, 0.1) is 12.1 Å². The highest BCUT2D eigenvalue weighted by Crippen LogP contribution is 2.37. The van der Waals surface area contributed by atoms with E-state index in [1.165, 1.54) is 20.1 Å². The van der Waals surface area contributed by atoms with E-state index in [2.05, 4.69) is 4.74 Å². The van der Waals surface area contributed by atoms with Gasteiger partial charge in [-0.15, -0.1) is 0 Å². The summed E-state index contributed by atoms with van der Waals surface area (Å²) in [5.41, 5.74) is 0.255. The zero-order valence-corrected chi connectivity index (χ0v) is 9.06. The van der Waals surface area contributed by atoms with Crippen LogP contribution in [0.2, 0.25) is 5.02 Å². The minimum absolute atomic E-state index is 0.0117. The second-order valence-corrected chi connectivity index (χ2v) is 3.50. The van der Waals surface area contributed by atoms with Gasteiger partial charge in [0, 0.05) is 12.0 Å². The molecule has 0 aliphatic heterocycles. The van der Waals surface area contributed by atoms with Crippen molar-refractivity contribution >= 4 is 17.4 Å². The van der Waals surface area contributed by atoms with E-state index in [9.17, 15) is 14.3 Å². The van der Waals surface area contributed by atoms with Crippen molar-refractivity contribution in [3.8, 4) is 11.5 Å². The van der Waals surface area contributed by atoms with Crippen LogP contribution in [-0.2, 0) is 11.2 Å². The number of benzene rings is 1. The number of aromatic hydroxyl groups is 1. The summed E-state index contributed by atoms with van der Waals surface area (Å²) in [7, 11) is 1.21. The number of phenolic OH excluding ortho intramolecular Hbond substituents is 1. The van der Waals surface area contributed by atoms with Crippen molar-refractivity contribution in [3.05, 3.63) is 22.5 Å². The summed E-state index contributed by atoms with van der Waals surface area (Å²) >= 11 is 5.58. The summed E-state index contributed by atoms with van der Waals surface area (Å²) < 4.78 is 17.9. The minimum Gasteiger partial charge on any atom is -0.504 e. The van der Waals surface area contributed by atoms with E-state index in [4.69, 9.17) is 11.6 Å². The van der Waals surface area contributed by atoms with E-state index in [0.29, 0.717) is 0 Å². The van der Waals surface area contributed by atoms with Gasteiger partial charge in [-0.25, -0.2) is 4.39 Å². The second kappa shape index (κ2) is 4.49. The van der Waals surface area contributed by atoms with Crippen LogP contribution in [0.5, 0.6) is 11.5 Å². The Kier molecular flexibility index (Phi) is 3.52. The minimum atomic E-state index is -0.830. The standard InChI is InChI=1S/C10H10ClFO3/c1-5(13)3-6-4-7(11)8(12)10(15-2)9(6)14/h4,14H,3H2,1-2H3. The Labute approximate surface area is 91.4 Å². The summed E-state index contributed by atoms with van der Waals surface area (Å²) in [6, 6.07) is 1.22. The van der Waals surface area contributed by atoms with Crippen molar-refractivity contribution in [1.82, 2.24) is 0 Å². The first-order valence-corrected chi connectivity index (χ1v) is 4.58. The Hall–Kier alpha value is -1.29. The highest BCUT2D eigenvalue weighted by atomic mass is 35.5. The summed E-state index contributed by atoms with van der Waals surface area (Å²) in [6.07, 6.45) is -0.0117. The normalized spacial score (nSPS) is 10.1. The zero-order valence-electron chi connectivity index (χ0n) is 8.30. The number of ketones is 1. The lowest BCUT2D eigenvalue weighted by Crippen LogP contribution is -2.00. The molecule has 0 bridgehead atoms. The molecule has 0 aliphatic carbocycles. The predicted molar refractivity (Wildman–Crippen MR) is 54.0 cm³/mol. The lowest BCUT2D eigenvalue weighted by atomic mass is 10.1. The number of carbonyl (C=O) groups excluding carboxylic acids is 1. The van der Waals surface area contributed by atoms with Crippen molar-refractivity contribution in [3.63, 3.8) is 0 Å². The van der Waals surface area contributed by atoms with Crippen molar-refractivity contribution in [2.75, 3.05) is 7.11 Å². The Morgan fingerprint density at radius 2 is 2.27 bits per heavy atom. The van der Waals surface area contributed by atoms with Gasteiger partial charge in [-0.05, 0) is 13.0 Å². The first-order valence-electron chi connectivity index (χ1n) is 4.20. The molecular formula is C10H10ClFO3. The van der Waals surface area contributed by atoms with Gasteiger partial charge >= 0.3 is 0 Å². The molecule has 0 heterocycles. The highest BCUT2D eigenvalue weighted by molar-refractivity contribution is 6.31. The smallest absolute Gasteiger partial charge is 0.198 e. The summed E-state index contributed by atoms with van der Waals surface area (Å²) in [6.45, 7) is 1.36. The topological polar surface area (TPSA) is 46.5 Å². The van der Waals surface area contributed by atoms with Crippen molar-refractivity contribution in [2.24, 2.45) is 0 Å². The molecule has 0 aliphatic rings. The number of hydrogen-bond acceptors (Lipinski definition) is 3. The molecule has 0 radical (unpaired) electrons. The van der Waals surface area contributed by atoms with Crippen LogP contribution in [0, 0.1) is 5.82 Å². The zero-order chi connectivity index (χ0) is 11.6. The molecule has 1 aromatic carbocycles. The molecule has 0 aromatic heterocycles. The molecule has 82 valence electrons. The lowest BCUT2D eigenvalue weighted by molar-refractivity contribution is -0.116. The maximum Gasteiger partial charge on any atom is 0.198 e. The van der Waals surface area contributed by atoms with Gasteiger partial charge in [0.25, 0.3) is 0 Å². The van der Waals surface area contributed by atoms with Gasteiger partial charge in [-0.1, -0.05) is 11.6 Å². The van der Waals surface area contributed by atoms with E-state index in [1.807, 2.05) is 0 Å². The van der Waals surface area contributed by atoms with Crippen LogP contribution in [0.3, 0.4) is 0 Å². The Balaban J connectivity index is 3.30. The Morgan fingerprint density at radius 3 is 2.73 bits per heavy atom. The van der Waals surface area contributed by atoms with Gasteiger partial charge in [0.15, 0.2) is 17.3 Å². The highest BCUT2D eigenvalue weighted by Gasteiger charge is 2.18. The maximum absolute atomic E-state index is 13.3. The third-order valence-electron chi connectivity index (χ3n) is 1.87. The fraction of sp³-hybridized carbons (Fsp3) is 0.300. The number of carbonyl (C=O) groups is 1. The number of phenols is 1. The molecule has 5 heteroatoms. The summed E-state index contributed by atoms with van der Waals surface area (Å²) in [5, 5.41) is 9.39. The molecule has 0 amide bonds. The molecule has 0 saturated carbocycles. The average Bonchev–Trinajstić information content (AvgIpc) is 2.14. The molecule has 1 aromatic rings. The van der Waals surface area contributed by atoms with E-state index in [0.717, 1.165) is 0 Å². The quantitative estimate of drug-likeness (QED) is 0.870. The first kappa shape index (κ1) is 11.8. The van der Waals surface area contributed by atoms with E-state index in [1.54, 1.807) is 0 Å². The monoisotopic (exact) mass is 232 g/mol. The third kappa shape index (κ3) is 2.39. The number of rotatable bonds is 3. The van der Waals surface area contributed by atoms with Gasteiger partial charge in [-0.2, -0.15) is 0 Å². The van der Waals surface area contributed by atoms with Crippen LogP contribution in [0.4, 0.5) is 4.39 Å². The summed E-state index contributed by atoms with van der Waals surface area (Å²) in [4.78, 5) is 10.9. The second-order valence-electron chi connectivity index (χ2n) is 3.09. The molecular weight excluding hydrogens is 223 g/mol. The van der Waals surface area contributed by atoms with Gasteiger partial charge in [0.2, 0.25) is 0 Å².